The summed E-state index contributed by atoms with van der Waals surface area (Å²) in [6, 6.07) is 11.9. The Kier molecular flexibility index (Phi) is 3.86. The van der Waals surface area contributed by atoms with Gasteiger partial charge in [0.25, 0.3) is 0 Å². The van der Waals surface area contributed by atoms with Crippen LogP contribution in [0.4, 0.5) is 0 Å². The highest BCUT2D eigenvalue weighted by atomic mass is 16.1. The normalized spacial score (nSPS) is 14.5. The van der Waals surface area contributed by atoms with Crippen LogP contribution in [0.1, 0.15) is 35.7 Å². The molecule has 1 heterocycles. The van der Waals surface area contributed by atoms with Gasteiger partial charge in [0.05, 0.1) is 12.2 Å². The second kappa shape index (κ2) is 5.95. The lowest BCUT2D eigenvalue weighted by atomic mass is 10.2. The van der Waals surface area contributed by atoms with Gasteiger partial charge in [0.1, 0.15) is 0 Å². The quantitative estimate of drug-likeness (QED) is 0.856. The fourth-order valence-corrected chi connectivity index (χ4v) is 2.36. The number of carbonyl (C=O) groups is 1. The summed E-state index contributed by atoms with van der Waals surface area (Å²) in [5, 5.41) is 7.31. The Bertz CT molecular complexity index is 654. The molecule has 0 radical (unpaired) electrons. The zero-order chi connectivity index (χ0) is 14.7. The van der Waals surface area contributed by atoms with Crippen LogP contribution in [-0.4, -0.2) is 15.7 Å². The summed E-state index contributed by atoms with van der Waals surface area (Å²) in [6.45, 7) is 0.471. The van der Waals surface area contributed by atoms with Crippen molar-refractivity contribution in [2.45, 2.75) is 25.3 Å². The highest BCUT2D eigenvalue weighted by Crippen LogP contribution is 2.39. The second-order valence-electron chi connectivity index (χ2n) is 5.42. The minimum absolute atomic E-state index is 0.0996. The Morgan fingerprint density at radius 2 is 2.14 bits per heavy atom. The van der Waals surface area contributed by atoms with E-state index in [0.717, 1.165) is 11.3 Å². The van der Waals surface area contributed by atoms with Crippen molar-refractivity contribution >= 4 is 12.0 Å². The van der Waals surface area contributed by atoms with Crippen molar-refractivity contribution in [1.82, 2.24) is 15.1 Å². The predicted octanol–water partition coefficient (Wildman–Crippen LogP) is 2.63. The molecule has 1 fully saturated rings. The number of carbonyl (C=O) groups excluding carboxylic acids is 1. The maximum absolute atomic E-state index is 11.8. The third-order valence-electron chi connectivity index (χ3n) is 3.63. The van der Waals surface area contributed by atoms with E-state index in [1.165, 1.54) is 18.5 Å². The number of hydrogen-bond donors (Lipinski definition) is 1. The zero-order valence-electron chi connectivity index (χ0n) is 12.1. The molecule has 3 rings (SSSR count). The molecule has 0 spiro atoms. The molecule has 1 aromatic carbocycles. The number of aromatic nitrogens is 2. The standard InChI is InChI=1S/C17H19N3O/c1-20-16(14-8-9-14)11-15(19-20)12-18-17(21)10-7-13-5-3-2-4-6-13/h2-7,10-11,14H,8-9,12H2,1H3,(H,18,21)/b10-7+. The Balaban J connectivity index is 1.54. The van der Waals surface area contributed by atoms with Gasteiger partial charge in [0, 0.05) is 24.7 Å². The van der Waals surface area contributed by atoms with E-state index in [0.29, 0.717) is 12.5 Å². The van der Waals surface area contributed by atoms with Gasteiger partial charge >= 0.3 is 0 Å². The number of nitrogens with one attached hydrogen (secondary N) is 1. The van der Waals surface area contributed by atoms with E-state index < -0.39 is 0 Å². The van der Waals surface area contributed by atoms with Crippen LogP contribution in [-0.2, 0) is 18.4 Å². The molecule has 2 aromatic rings. The molecular formula is C17H19N3O. The molecule has 1 N–H and O–H groups in total. The van der Waals surface area contributed by atoms with Crippen molar-refractivity contribution in [2.75, 3.05) is 0 Å². The molecule has 0 unspecified atom stereocenters. The lowest BCUT2D eigenvalue weighted by Crippen LogP contribution is -2.20. The van der Waals surface area contributed by atoms with Gasteiger partial charge in [0.15, 0.2) is 0 Å². The van der Waals surface area contributed by atoms with E-state index in [-0.39, 0.29) is 5.91 Å². The molecule has 0 aliphatic heterocycles. The smallest absolute Gasteiger partial charge is 0.244 e. The summed E-state index contributed by atoms with van der Waals surface area (Å²) in [6.07, 6.45) is 5.87. The average Bonchev–Trinajstić information content (AvgIpc) is 3.27. The van der Waals surface area contributed by atoms with Crippen LogP contribution in [0.15, 0.2) is 42.5 Å². The first kappa shape index (κ1) is 13.6. The Morgan fingerprint density at radius 3 is 2.86 bits per heavy atom. The van der Waals surface area contributed by atoms with Gasteiger partial charge in [-0.2, -0.15) is 5.10 Å². The van der Waals surface area contributed by atoms with Crippen molar-refractivity contribution in [1.29, 1.82) is 0 Å². The topological polar surface area (TPSA) is 46.9 Å². The van der Waals surface area contributed by atoms with Crippen LogP contribution in [0.2, 0.25) is 0 Å². The zero-order valence-corrected chi connectivity index (χ0v) is 12.1. The summed E-state index contributed by atoms with van der Waals surface area (Å²) < 4.78 is 1.93. The highest BCUT2D eigenvalue weighted by molar-refractivity contribution is 5.91. The fraction of sp³-hybridized carbons (Fsp3) is 0.294. The Labute approximate surface area is 124 Å². The molecule has 1 amide bonds. The van der Waals surface area contributed by atoms with Gasteiger partial charge in [-0.3, -0.25) is 9.48 Å². The van der Waals surface area contributed by atoms with E-state index in [9.17, 15) is 4.79 Å². The molecule has 0 atom stereocenters. The molecule has 4 heteroatoms. The number of nitrogens with zero attached hydrogens (tertiary/aromatic N) is 2. The number of amides is 1. The number of benzene rings is 1. The molecule has 1 aliphatic carbocycles. The maximum atomic E-state index is 11.8. The molecule has 4 nitrogen and oxygen atoms in total. The largest absolute Gasteiger partial charge is 0.347 e. The van der Waals surface area contributed by atoms with Gasteiger partial charge in [0.2, 0.25) is 5.91 Å². The maximum Gasteiger partial charge on any atom is 0.244 e. The van der Waals surface area contributed by atoms with Crippen LogP contribution in [0.3, 0.4) is 0 Å². The first-order valence-electron chi connectivity index (χ1n) is 7.26. The summed E-state index contributed by atoms with van der Waals surface area (Å²) in [4.78, 5) is 11.8. The summed E-state index contributed by atoms with van der Waals surface area (Å²) in [7, 11) is 1.97. The van der Waals surface area contributed by atoms with E-state index in [2.05, 4.69) is 16.5 Å². The molecule has 1 aromatic heterocycles. The predicted molar refractivity (Wildman–Crippen MR) is 82.5 cm³/mol. The van der Waals surface area contributed by atoms with Crippen LogP contribution < -0.4 is 5.32 Å². The Hall–Kier alpha value is -2.36. The summed E-state index contributed by atoms with van der Waals surface area (Å²) in [5.41, 5.74) is 3.21. The fourth-order valence-electron chi connectivity index (χ4n) is 2.36. The highest BCUT2D eigenvalue weighted by Gasteiger charge is 2.27. The van der Waals surface area contributed by atoms with Crippen LogP contribution in [0.25, 0.3) is 6.08 Å². The van der Waals surface area contributed by atoms with Crippen molar-refractivity contribution in [2.24, 2.45) is 7.05 Å². The van der Waals surface area contributed by atoms with E-state index in [4.69, 9.17) is 0 Å². The van der Waals surface area contributed by atoms with Crippen molar-refractivity contribution in [3.05, 3.63) is 59.4 Å². The van der Waals surface area contributed by atoms with E-state index >= 15 is 0 Å². The minimum atomic E-state index is -0.0996. The van der Waals surface area contributed by atoms with Gasteiger partial charge in [-0.05, 0) is 30.5 Å². The molecule has 1 saturated carbocycles. The third-order valence-corrected chi connectivity index (χ3v) is 3.63. The van der Waals surface area contributed by atoms with Gasteiger partial charge in [-0.1, -0.05) is 30.3 Å². The molecule has 108 valence electrons. The molecule has 21 heavy (non-hydrogen) atoms. The second-order valence-corrected chi connectivity index (χ2v) is 5.42. The van der Waals surface area contributed by atoms with Crippen molar-refractivity contribution in [3.63, 3.8) is 0 Å². The van der Waals surface area contributed by atoms with Crippen molar-refractivity contribution < 1.29 is 4.79 Å². The molecule has 0 saturated heterocycles. The van der Waals surface area contributed by atoms with E-state index in [1.54, 1.807) is 6.08 Å². The summed E-state index contributed by atoms with van der Waals surface area (Å²) >= 11 is 0. The third kappa shape index (κ3) is 3.60. The number of aryl methyl sites for hydroxylation is 1. The van der Waals surface area contributed by atoms with Crippen LogP contribution in [0.5, 0.6) is 0 Å². The van der Waals surface area contributed by atoms with Gasteiger partial charge < -0.3 is 5.32 Å². The summed E-state index contributed by atoms with van der Waals surface area (Å²) in [5.74, 6) is 0.572. The van der Waals surface area contributed by atoms with Crippen molar-refractivity contribution in [3.8, 4) is 0 Å². The van der Waals surface area contributed by atoms with E-state index in [1.807, 2.05) is 48.1 Å². The number of hydrogen-bond acceptors (Lipinski definition) is 2. The van der Waals surface area contributed by atoms with Crippen LogP contribution >= 0.6 is 0 Å². The lowest BCUT2D eigenvalue weighted by Gasteiger charge is -1.98. The number of rotatable bonds is 5. The first-order valence-corrected chi connectivity index (χ1v) is 7.26. The lowest BCUT2D eigenvalue weighted by molar-refractivity contribution is -0.116. The van der Waals surface area contributed by atoms with Gasteiger partial charge in [-0.15, -0.1) is 0 Å². The SMILES string of the molecule is Cn1nc(CNC(=O)/C=C/c2ccccc2)cc1C1CC1. The molecular weight excluding hydrogens is 262 g/mol. The first-order chi connectivity index (χ1) is 10.2. The average molecular weight is 281 g/mol. The Morgan fingerprint density at radius 1 is 1.38 bits per heavy atom. The van der Waals surface area contributed by atoms with Gasteiger partial charge in [-0.25, -0.2) is 0 Å². The monoisotopic (exact) mass is 281 g/mol. The minimum Gasteiger partial charge on any atom is -0.347 e. The molecule has 0 bridgehead atoms. The molecule has 1 aliphatic rings. The van der Waals surface area contributed by atoms with Crippen LogP contribution in [0, 0.1) is 0 Å².